The van der Waals surface area contributed by atoms with E-state index in [1.54, 1.807) is 6.08 Å². The quantitative estimate of drug-likeness (QED) is 0.180. The summed E-state index contributed by atoms with van der Waals surface area (Å²) in [5.41, 5.74) is 6.72. The zero-order chi connectivity index (χ0) is 29.5. The lowest BCUT2D eigenvalue weighted by Gasteiger charge is -2.36. The summed E-state index contributed by atoms with van der Waals surface area (Å²) < 4.78 is 6.36. The molecular formula is C36H41ClN4O. The Morgan fingerprint density at radius 2 is 1.74 bits per heavy atom. The molecule has 4 aromatic rings. The Balaban J connectivity index is 1.21. The van der Waals surface area contributed by atoms with Crippen molar-refractivity contribution in [3.63, 3.8) is 0 Å². The number of nitrogens with one attached hydrogen (secondary N) is 1. The average molecular weight is 581 g/mol. The number of fused-ring (bicyclic) bond motifs is 1. The monoisotopic (exact) mass is 580 g/mol. The van der Waals surface area contributed by atoms with E-state index in [-0.39, 0.29) is 6.10 Å². The minimum absolute atomic E-state index is 0.167. The van der Waals surface area contributed by atoms with Gasteiger partial charge >= 0.3 is 0 Å². The van der Waals surface area contributed by atoms with Crippen LogP contribution in [-0.2, 0) is 6.54 Å². The number of allylic oxidation sites excluding steroid dienone is 2. The molecule has 1 aliphatic heterocycles. The fourth-order valence-electron chi connectivity index (χ4n) is 5.62. The van der Waals surface area contributed by atoms with Gasteiger partial charge in [0.15, 0.2) is 0 Å². The summed E-state index contributed by atoms with van der Waals surface area (Å²) >= 11 is 6.51. The van der Waals surface area contributed by atoms with Gasteiger partial charge in [0.1, 0.15) is 11.9 Å². The first-order valence-corrected chi connectivity index (χ1v) is 15.3. The van der Waals surface area contributed by atoms with Crippen molar-refractivity contribution in [1.82, 2.24) is 15.1 Å². The minimum atomic E-state index is -0.167. The first-order chi connectivity index (χ1) is 20.4. The van der Waals surface area contributed by atoms with Crippen molar-refractivity contribution in [2.75, 3.05) is 31.1 Å². The van der Waals surface area contributed by atoms with Crippen molar-refractivity contribution in [2.24, 2.45) is 5.92 Å². The normalized spacial score (nSPS) is 16.4. The predicted octanol–water partition coefficient (Wildman–Crippen LogP) is 8.55. The van der Waals surface area contributed by atoms with Crippen molar-refractivity contribution in [3.05, 3.63) is 113 Å². The smallest absolute Gasteiger partial charge is 0.121 e. The summed E-state index contributed by atoms with van der Waals surface area (Å²) in [7, 11) is 0. The van der Waals surface area contributed by atoms with E-state index in [0.29, 0.717) is 11.0 Å². The lowest BCUT2D eigenvalue weighted by atomic mass is 9.93. The zero-order valence-electron chi connectivity index (χ0n) is 24.9. The number of hydrogen-bond acceptors (Lipinski definition) is 4. The van der Waals surface area contributed by atoms with E-state index in [4.69, 9.17) is 16.3 Å². The van der Waals surface area contributed by atoms with Gasteiger partial charge in [-0.2, -0.15) is 5.10 Å². The van der Waals surface area contributed by atoms with Crippen molar-refractivity contribution in [1.29, 1.82) is 0 Å². The van der Waals surface area contributed by atoms with Crippen LogP contribution in [-0.4, -0.2) is 47.4 Å². The van der Waals surface area contributed by atoms with E-state index < -0.39 is 0 Å². The van der Waals surface area contributed by atoms with Crippen molar-refractivity contribution >= 4 is 40.3 Å². The summed E-state index contributed by atoms with van der Waals surface area (Å²) in [5.74, 6) is 1.09. The first kappa shape index (κ1) is 29.7. The molecule has 3 aromatic carbocycles. The van der Waals surface area contributed by atoms with Crippen LogP contribution in [0.4, 0.5) is 5.69 Å². The molecule has 5 nitrogen and oxygen atoms in total. The third kappa shape index (κ3) is 7.15. The molecule has 1 N–H and O–H groups in total. The maximum absolute atomic E-state index is 6.51. The number of aromatic nitrogens is 2. The highest BCUT2D eigenvalue weighted by atomic mass is 35.5. The Hall–Kier alpha value is -3.80. The molecule has 42 heavy (non-hydrogen) atoms. The molecule has 0 bridgehead atoms. The van der Waals surface area contributed by atoms with E-state index in [1.165, 1.54) is 11.3 Å². The molecular weight excluding hydrogens is 540 g/mol. The van der Waals surface area contributed by atoms with Crippen molar-refractivity contribution < 1.29 is 4.74 Å². The summed E-state index contributed by atoms with van der Waals surface area (Å²) in [6.45, 7) is 15.5. The molecule has 6 heteroatoms. The summed E-state index contributed by atoms with van der Waals surface area (Å²) in [4.78, 5) is 5.01. The Bertz CT molecular complexity index is 1530. The number of ether oxygens (including phenoxy) is 1. The number of piperazine rings is 1. The van der Waals surface area contributed by atoms with E-state index in [1.807, 2.05) is 25.1 Å². The number of nitrogens with zero attached hydrogens (tertiary/aromatic N) is 3. The molecule has 1 aromatic heterocycles. The third-order valence-electron chi connectivity index (χ3n) is 8.23. The van der Waals surface area contributed by atoms with Crippen molar-refractivity contribution in [3.8, 4) is 5.75 Å². The van der Waals surface area contributed by atoms with Crippen LogP contribution in [0.25, 0.3) is 23.1 Å². The molecule has 2 unspecified atom stereocenters. The van der Waals surface area contributed by atoms with Gasteiger partial charge < -0.3 is 9.64 Å². The van der Waals surface area contributed by atoms with Gasteiger partial charge in [0.25, 0.3) is 0 Å². The molecule has 2 heterocycles. The number of halogens is 1. The second-order valence-electron chi connectivity index (χ2n) is 11.1. The summed E-state index contributed by atoms with van der Waals surface area (Å²) in [5, 5.41) is 9.38. The van der Waals surface area contributed by atoms with E-state index in [0.717, 1.165) is 72.6 Å². The third-order valence-corrected chi connectivity index (χ3v) is 8.60. The fraction of sp³-hybridized carbons (Fsp3) is 0.306. The van der Waals surface area contributed by atoms with E-state index in [9.17, 15) is 0 Å². The summed E-state index contributed by atoms with van der Waals surface area (Å²) in [6.07, 6.45) is 6.69. The van der Waals surface area contributed by atoms with Crippen molar-refractivity contribution in [2.45, 2.75) is 39.8 Å². The molecule has 0 amide bonds. The number of aromatic amines is 1. The van der Waals surface area contributed by atoms with Crippen LogP contribution in [0.15, 0.2) is 96.1 Å². The molecule has 5 rings (SSSR count). The zero-order valence-corrected chi connectivity index (χ0v) is 25.6. The molecule has 1 saturated heterocycles. The number of anilines is 1. The van der Waals surface area contributed by atoms with Crippen LogP contribution in [0, 0.1) is 5.92 Å². The molecule has 2 atom stereocenters. The molecule has 0 radical (unpaired) electrons. The maximum Gasteiger partial charge on any atom is 0.121 e. The molecule has 0 aliphatic carbocycles. The van der Waals surface area contributed by atoms with E-state index in [2.05, 4.69) is 107 Å². The minimum Gasteiger partial charge on any atom is -0.486 e. The predicted molar refractivity (Wildman–Crippen MR) is 178 cm³/mol. The van der Waals surface area contributed by atoms with Crippen LogP contribution < -0.4 is 9.64 Å². The van der Waals surface area contributed by atoms with Crippen LogP contribution in [0.3, 0.4) is 0 Å². The molecule has 1 aliphatic rings. The molecule has 0 saturated carbocycles. The maximum atomic E-state index is 6.51. The highest BCUT2D eigenvalue weighted by molar-refractivity contribution is 6.31. The number of rotatable bonds is 11. The molecule has 218 valence electrons. The number of benzene rings is 3. The van der Waals surface area contributed by atoms with Gasteiger partial charge in [-0.25, -0.2) is 0 Å². The van der Waals surface area contributed by atoms with Crippen LogP contribution in [0.1, 0.15) is 44.0 Å². The largest absolute Gasteiger partial charge is 0.486 e. The van der Waals surface area contributed by atoms with E-state index >= 15 is 0 Å². The first-order valence-electron chi connectivity index (χ1n) is 14.9. The van der Waals surface area contributed by atoms with Gasteiger partial charge in [0, 0.05) is 48.8 Å². The number of hydrogen-bond donors (Lipinski definition) is 1. The fourth-order valence-corrected chi connectivity index (χ4v) is 5.96. The Kier molecular flexibility index (Phi) is 9.83. The van der Waals surface area contributed by atoms with Gasteiger partial charge in [-0.15, -0.1) is 0 Å². The lowest BCUT2D eigenvalue weighted by molar-refractivity contribution is 0.242. The van der Waals surface area contributed by atoms with Gasteiger partial charge in [-0.3, -0.25) is 10.00 Å². The Morgan fingerprint density at radius 3 is 2.43 bits per heavy atom. The lowest BCUT2D eigenvalue weighted by Crippen LogP contribution is -2.45. The second-order valence-corrected chi connectivity index (χ2v) is 11.5. The molecule has 0 spiro atoms. The van der Waals surface area contributed by atoms with Gasteiger partial charge in [0.2, 0.25) is 0 Å². The van der Waals surface area contributed by atoms with Gasteiger partial charge in [0.05, 0.1) is 11.2 Å². The summed E-state index contributed by atoms with van der Waals surface area (Å²) in [6, 6.07) is 25.6. The van der Waals surface area contributed by atoms with Gasteiger partial charge in [-0.05, 0) is 72.4 Å². The SMILES string of the molecule is C=C/C(Cl)=C(\C(C)CC)C(C)Oc1ccc2[nH]nc(/C=C/c3ccc(CN4CCN(c5ccccc5)CC4)cc3)c2c1. The Morgan fingerprint density at radius 1 is 1.00 bits per heavy atom. The van der Waals surface area contributed by atoms with Crippen LogP contribution >= 0.6 is 11.6 Å². The molecule has 1 fully saturated rings. The van der Waals surface area contributed by atoms with Gasteiger partial charge in [-0.1, -0.05) is 86.6 Å². The standard InChI is InChI=1S/C36H41ClN4O/c1-5-26(3)36(33(37)6-2)27(4)42-31-17-19-35-32(24-31)34(38-39-35)18-16-28-12-14-29(15-13-28)25-40-20-22-41(23-21-40)30-10-8-7-9-11-30/h6-19,24,26-27H,2,5,20-23,25H2,1,3-4H3,(H,38,39)/b18-16+,36-33-. The van der Waals surface area contributed by atoms with Crippen LogP contribution in [0.2, 0.25) is 0 Å². The number of H-pyrrole nitrogens is 1. The highest BCUT2D eigenvalue weighted by Gasteiger charge is 2.20. The highest BCUT2D eigenvalue weighted by Crippen LogP contribution is 2.30. The topological polar surface area (TPSA) is 44.4 Å². The van der Waals surface area contributed by atoms with Crippen LogP contribution in [0.5, 0.6) is 5.75 Å². The average Bonchev–Trinajstić information content (AvgIpc) is 3.43. The Labute approximate surface area is 255 Å². The second kappa shape index (κ2) is 13.9. The number of para-hydroxylation sites is 1.